The summed E-state index contributed by atoms with van der Waals surface area (Å²) >= 11 is 4.36. The van der Waals surface area contributed by atoms with Gasteiger partial charge >= 0.3 is 5.97 Å². The van der Waals surface area contributed by atoms with Crippen LogP contribution in [0.3, 0.4) is 0 Å². The molecule has 0 radical (unpaired) electrons. The lowest BCUT2D eigenvalue weighted by molar-refractivity contribution is -0.135. The third-order valence-electron chi connectivity index (χ3n) is 3.98. The van der Waals surface area contributed by atoms with Crippen molar-refractivity contribution in [1.82, 2.24) is 0 Å². The van der Waals surface area contributed by atoms with Gasteiger partial charge in [0, 0.05) is 5.56 Å². The van der Waals surface area contributed by atoms with E-state index in [2.05, 4.69) is 39.5 Å². The maximum atomic E-state index is 12.0. The molecule has 0 atom stereocenters. The first-order valence-electron chi connectivity index (χ1n) is 7.29. The van der Waals surface area contributed by atoms with E-state index >= 15 is 0 Å². The number of aryl methyl sites for hydroxylation is 2. The molecule has 2 nitrogen and oxygen atoms in total. The quantitative estimate of drug-likeness (QED) is 0.500. The minimum Gasteiger partial charge on any atom is -0.426 e. The van der Waals surface area contributed by atoms with Crippen LogP contribution in [0.4, 0.5) is 0 Å². The van der Waals surface area contributed by atoms with Gasteiger partial charge in [0.2, 0.25) is 0 Å². The van der Waals surface area contributed by atoms with Crippen molar-refractivity contribution in [1.29, 1.82) is 0 Å². The Bertz CT molecular complexity index is 516. The van der Waals surface area contributed by atoms with Crippen LogP contribution >= 0.6 is 12.6 Å². The van der Waals surface area contributed by atoms with E-state index < -0.39 is 0 Å². The first-order valence-corrected chi connectivity index (χ1v) is 7.92. The number of benzene rings is 1. The van der Waals surface area contributed by atoms with Crippen molar-refractivity contribution in [3.63, 3.8) is 0 Å². The maximum Gasteiger partial charge on any atom is 0.314 e. The van der Waals surface area contributed by atoms with Crippen LogP contribution < -0.4 is 4.74 Å². The summed E-state index contributed by atoms with van der Waals surface area (Å²) in [4.78, 5) is 12.0. The molecule has 0 aliphatic heterocycles. The molecule has 1 aromatic rings. The van der Waals surface area contributed by atoms with Crippen LogP contribution in [0.5, 0.6) is 5.75 Å². The maximum absolute atomic E-state index is 12.0. The molecule has 110 valence electrons. The molecule has 0 unspecified atom stereocenters. The highest BCUT2D eigenvalue weighted by molar-refractivity contribution is 7.80. The van der Waals surface area contributed by atoms with Crippen molar-refractivity contribution in [2.45, 2.75) is 52.4 Å². The van der Waals surface area contributed by atoms with E-state index in [1.807, 2.05) is 13.0 Å². The Labute approximate surface area is 127 Å². The Morgan fingerprint density at radius 3 is 2.55 bits per heavy atom. The Hall–Kier alpha value is -0.960. The number of esters is 1. The smallest absolute Gasteiger partial charge is 0.314 e. The second-order valence-electron chi connectivity index (χ2n) is 6.51. The van der Waals surface area contributed by atoms with E-state index in [0.717, 1.165) is 41.9 Å². The topological polar surface area (TPSA) is 26.3 Å². The minimum atomic E-state index is -0.0714. The van der Waals surface area contributed by atoms with E-state index in [1.54, 1.807) is 0 Å². The summed E-state index contributed by atoms with van der Waals surface area (Å²) in [5, 5.41) is 0. The summed E-state index contributed by atoms with van der Waals surface area (Å²) in [6.07, 6.45) is 2.89. The molecule has 1 saturated carbocycles. The molecule has 1 aliphatic carbocycles. The number of hydrogen-bond donors (Lipinski definition) is 1. The lowest BCUT2D eigenvalue weighted by Crippen LogP contribution is -2.22. The SMILES string of the molecule is Cc1cc(C)c(C(C)(C)CCS)c(OC(=O)C2CC2)c1. The highest BCUT2D eigenvalue weighted by atomic mass is 32.1. The van der Waals surface area contributed by atoms with Crippen LogP contribution in [0.1, 0.15) is 49.8 Å². The minimum absolute atomic E-state index is 0.0430. The van der Waals surface area contributed by atoms with Gasteiger partial charge in [-0.05, 0) is 61.5 Å². The highest BCUT2D eigenvalue weighted by Crippen LogP contribution is 2.39. The first kappa shape index (κ1) is 15.4. The lowest BCUT2D eigenvalue weighted by Gasteiger charge is -2.29. The summed E-state index contributed by atoms with van der Waals surface area (Å²) in [7, 11) is 0. The second-order valence-corrected chi connectivity index (χ2v) is 6.96. The zero-order valence-corrected chi connectivity index (χ0v) is 13.7. The molecule has 20 heavy (non-hydrogen) atoms. The van der Waals surface area contributed by atoms with Gasteiger partial charge in [-0.1, -0.05) is 19.9 Å². The molecule has 2 rings (SSSR count). The van der Waals surface area contributed by atoms with Gasteiger partial charge in [-0.25, -0.2) is 0 Å². The summed E-state index contributed by atoms with van der Waals surface area (Å²) in [6.45, 7) is 8.51. The van der Waals surface area contributed by atoms with Crippen molar-refractivity contribution in [2.24, 2.45) is 5.92 Å². The van der Waals surface area contributed by atoms with Gasteiger partial charge < -0.3 is 4.74 Å². The van der Waals surface area contributed by atoms with Crippen LogP contribution in [0.2, 0.25) is 0 Å². The van der Waals surface area contributed by atoms with Gasteiger partial charge in [-0.15, -0.1) is 0 Å². The van der Waals surface area contributed by atoms with Gasteiger partial charge in [-0.2, -0.15) is 12.6 Å². The number of carbonyl (C=O) groups excluding carboxylic acids is 1. The molecule has 1 fully saturated rings. The molecule has 0 bridgehead atoms. The van der Waals surface area contributed by atoms with E-state index in [1.165, 1.54) is 5.56 Å². The van der Waals surface area contributed by atoms with Crippen LogP contribution in [0, 0.1) is 19.8 Å². The normalized spacial score (nSPS) is 15.2. The van der Waals surface area contributed by atoms with Crippen molar-refractivity contribution < 1.29 is 9.53 Å². The number of thiol groups is 1. The van der Waals surface area contributed by atoms with E-state index in [9.17, 15) is 4.79 Å². The molecule has 0 amide bonds. The Morgan fingerprint density at radius 2 is 2.00 bits per heavy atom. The predicted octanol–water partition coefficient (Wildman–Crippen LogP) is 4.22. The lowest BCUT2D eigenvalue weighted by atomic mass is 9.79. The number of rotatable bonds is 5. The molecule has 3 heteroatoms. The Balaban J connectivity index is 2.39. The van der Waals surface area contributed by atoms with Gasteiger partial charge in [0.05, 0.1) is 5.92 Å². The summed E-state index contributed by atoms with van der Waals surface area (Å²) in [5.41, 5.74) is 3.42. The summed E-state index contributed by atoms with van der Waals surface area (Å²) < 4.78 is 5.70. The predicted molar refractivity (Wildman–Crippen MR) is 85.8 cm³/mol. The molecular formula is C17H24O2S. The van der Waals surface area contributed by atoms with Crippen LogP contribution in [0.25, 0.3) is 0 Å². The van der Waals surface area contributed by atoms with Crippen molar-refractivity contribution >= 4 is 18.6 Å². The van der Waals surface area contributed by atoms with Gasteiger partial charge in [0.15, 0.2) is 0 Å². The summed E-state index contributed by atoms with van der Waals surface area (Å²) in [6, 6.07) is 4.15. The first-order chi connectivity index (χ1) is 9.35. The highest BCUT2D eigenvalue weighted by Gasteiger charge is 2.33. The van der Waals surface area contributed by atoms with Crippen molar-refractivity contribution in [3.8, 4) is 5.75 Å². The van der Waals surface area contributed by atoms with Gasteiger partial charge in [0.1, 0.15) is 5.75 Å². The number of hydrogen-bond acceptors (Lipinski definition) is 3. The number of ether oxygens (including phenoxy) is 1. The molecule has 0 saturated heterocycles. The Kier molecular flexibility index (Phi) is 4.48. The third kappa shape index (κ3) is 3.38. The molecule has 1 aromatic carbocycles. The fourth-order valence-electron chi connectivity index (χ4n) is 2.79. The molecule has 0 aromatic heterocycles. The summed E-state index contributed by atoms with van der Waals surface area (Å²) in [5.74, 6) is 1.61. The third-order valence-corrected chi connectivity index (χ3v) is 4.20. The van der Waals surface area contributed by atoms with E-state index in [-0.39, 0.29) is 17.3 Å². The van der Waals surface area contributed by atoms with Crippen LogP contribution in [-0.2, 0) is 10.2 Å². The number of carbonyl (C=O) groups is 1. The molecule has 0 heterocycles. The molecular weight excluding hydrogens is 268 g/mol. The van der Waals surface area contributed by atoms with Crippen LogP contribution in [0.15, 0.2) is 12.1 Å². The zero-order chi connectivity index (χ0) is 14.9. The van der Waals surface area contributed by atoms with Gasteiger partial charge in [-0.3, -0.25) is 4.79 Å². The zero-order valence-electron chi connectivity index (χ0n) is 12.8. The Morgan fingerprint density at radius 1 is 1.35 bits per heavy atom. The van der Waals surface area contributed by atoms with E-state index in [0.29, 0.717) is 0 Å². The molecule has 0 spiro atoms. The van der Waals surface area contributed by atoms with Crippen molar-refractivity contribution in [3.05, 3.63) is 28.8 Å². The second kappa shape index (κ2) is 5.80. The van der Waals surface area contributed by atoms with Crippen LogP contribution in [-0.4, -0.2) is 11.7 Å². The fraction of sp³-hybridized carbons (Fsp3) is 0.588. The molecule has 1 aliphatic rings. The standard InChI is InChI=1S/C17H24O2S/c1-11-9-12(2)15(17(3,4)7-8-20)14(10-11)19-16(18)13-5-6-13/h9-10,13,20H,5-8H2,1-4H3. The van der Waals surface area contributed by atoms with Crippen molar-refractivity contribution in [2.75, 3.05) is 5.75 Å². The monoisotopic (exact) mass is 292 g/mol. The molecule has 0 N–H and O–H groups in total. The largest absolute Gasteiger partial charge is 0.426 e. The van der Waals surface area contributed by atoms with E-state index in [4.69, 9.17) is 4.74 Å². The van der Waals surface area contributed by atoms with Gasteiger partial charge in [0.25, 0.3) is 0 Å². The average Bonchev–Trinajstić information content (AvgIpc) is 3.10. The average molecular weight is 292 g/mol. The fourth-order valence-corrected chi connectivity index (χ4v) is 3.35.